The molecular weight excluding hydrogens is 366 g/mol. The Hall–Kier alpha value is -2.04. The molecule has 0 unspecified atom stereocenters. The number of hydrogen-bond donors (Lipinski definition) is 0. The standard InChI is InChI=1S/C16H18BrNO5/c1-4-22-15-13(17)8-11(9-14(15)21-3)7-12(10-18)16(19)23-6-5-20-2/h7-9H,4-6H2,1-3H3. The van der Waals surface area contributed by atoms with Gasteiger partial charge < -0.3 is 18.9 Å². The molecule has 0 N–H and O–H groups in total. The van der Waals surface area contributed by atoms with Gasteiger partial charge in [-0.05, 0) is 46.6 Å². The largest absolute Gasteiger partial charge is 0.493 e. The van der Waals surface area contributed by atoms with Crippen molar-refractivity contribution in [3.8, 4) is 17.6 Å². The van der Waals surface area contributed by atoms with Gasteiger partial charge in [-0.25, -0.2) is 4.79 Å². The Morgan fingerprint density at radius 2 is 2.09 bits per heavy atom. The van der Waals surface area contributed by atoms with Crippen molar-refractivity contribution in [1.82, 2.24) is 0 Å². The van der Waals surface area contributed by atoms with E-state index in [1.165, 1.54) is 20.3 Å². The normalized spacial score (nSPS) is 10.8. The Morgan fingerprint density at radius 3 is 2.65 bits per heavy atom. The summed E-state index contributed by atoms with van der Waals surface area (Å²) in [6, 6.07) is 5.24. The van der Waals surface area contributed by atoms with Crippen molar-refractivity contribution in [1.29, 1.82) is 5.26 Å². The molecule has 1 aromatic carbocycles. The van der Waals surface area contributed by atoms with Gasteiger partial charge in [0.15, 0.2) is 11.5 Å². The van der Waals surface area contributed by atoms with Crippen LogP contribution in [0.3, 0.4) is 0 Å². The van der Waals surface area contributed by atoms with Gasteiger partial charge in [0.05, 0.1) is 24.8 Å². The van der Waals surface area contributed by atoms with Crippen molar-refractivity contribution >= 4 is 28.0 Å². The van der Waals surface area contributed by atoms with Crippen molar-refractivity contribution in [2.45, 2.75) is 6.92 Å². The molecule has 0 aliphatic heterocycles. The lowest BCUT2D eigenvalue weighted by Crippen LogP contribution is -2.11. The number of halogens is 1. The maximum atomic E-state index is 11.8. The predicted molar refractivity (Wildman–Crippen MR) is 88.3 cm³/mol. The minimum atomic E-state index is -0.700. The fourth-order valence-corrected chi connectivity index (χ4v) is 2.28. The summed E-state index contributed by atoms with van der Waals surface area (Å²) in [4.78, 5) is 11.8. The van der Waals surface area contributed by atoms with Gasteiger partial charge in [-0.2, -0.15) is 5.26 Å². The Morgan fingerprint density at radius 1 is 1.35 bits per heavy atom. The van der Waals surface area contributed by atoms with E-state index in [9.17, 15) is 4.79 Å². The molecule has 0 saturated heterocycles. The zero-order valence-electron chi connectivity index (χ0n) is 13.2. The van der Waals surface area contributed by atoms with Crippen LogP contribution in [0.2, 0.25) is 0 Å². The van der Waals surface area contributed by atoms with E-state index < -0.39 is 5.97 Å². The van der Waals surface area contributed by atoms with Crippen LogP contribution in [0.4, 0.5) is 0 Å². The number of ether oxygens (including phenoxy) is 4. The first-order valence-corrected chi connectivity index (χ1v) is 7.64. The number of hydrogen-bond acceptors (Lipinski definition) is 6. The summed E-state index contributed by atoms with van der Waals surface area (Å²) >= 11 is 3.39. The first-order chi connectivity index (χ1) is 11.1. The van der Waals surface area contributed by atoms with Crippen molar-refractivity contribution < 1.29 is 23.7 Å². The van der Waals surface area contributed by atoms with Gasteiger partial charge in [0.25, 0.3) is 0 Å². The molecule has 0 bridgehead atoms. The highest BCUT2D eigenvalue weighted by Gasteiger charge is 2.14. The number of esters is 1. The fraction of sp³-hybridized carbons (Fsp3) is 0.375. The van der Waals surface area contributed by atoms with E-state index in [1.54, 1.807) is 12.1 Å². The molecule has 0 heterocycles. The first kappa shape index (κ1) is 19.0. The Bertz CT molecular complexity index is 622. The molecule has 0 aliphatic rings. The molecule has 6 nitrogen and oxygen atoms in total. The third-order valence-corrected chi connectivity index (χ3v) is 3.30. The lowest BCUT2D eigenvalue weighted by atomic mass is 10.1. The predicted octanol–water partition coefficient (Wildman–Crippen LogP) is 2.95. The van der Waals surface area contributed by atoms with Gasteiger partial charge in [0, 0.05) is 7.11 Å². The summed E-state index contributed by atoms with van der Waals surface area (Å²) in [6.45, 7) is 2.71. The summed E-state index contributed by atoms with van der Waals surface area (Å²) in [7, 11) is 3.01. The molecule has 1 rings (SSSR count). The van der Waals surface area contributed by atoms with Crippen LogP contribution in [0.1, 0.15) is 12.5 Å². The quantitative estimate of drug-likeness (QED) is 0.297. The number of benzene rings is 1. The van der Waals surface area contributed by atoms with Crippen LogP contribution in [0.25, 0.3) is 6.08 Å². The number of methoxy groups -OCH3 is 2. The summed E-state index contributed by atoms with van der Waals surface area (Å²) in [5.41, 5.74) is 0.497. The lowest BCUT2D eigenvalue weighted by molar-refractivity contribution is -0.139. The van der Waals surface area contributed by atoms with E-state index in [0.717, 1.165) is 0 Å². The highest BCUT2D eigenvalue weighted by Crippen LogP contribution is 2.37. The lowest BCUT2D eigenvalue weighted by Gasteiger charge is -2.12. The molecule has 0 aliphatic carbocycles. The molecule has 23 heavy (non-hydrogen) atoms. The zero-order valence-corrected chi connectivity index (χ0v) is 14.8. The van der Waals surface area contributed by atoms with Crippen LogP contribution in [-0.2, 0) is 14.3 Å². The van der Waals surface area contributed by atoms with Crippen LogP contribution in [-0.4, -0.2) is 40.0 Å². The molecule has 1 aromatic rings. The van der Waals surface area contributed by atoms with E-state index in [2.05, 4.69) is 15.9 Å². The molecule has 0 amide bonds. The average Bonchev–Trinajstić information content (AvgIpc) is 2.54. The number of carbonyl (C=O) groups excluding carboxylic acids is 1. The third-order valence-electron chi connectivity index (χ3n) is 2.71. The summed E-state index contributed by atoms with van der Waals surface area (Å²) in [5, 5.41) is 9.13. The Balaban J connectivity index is 3.07. The van der Waals surface area contributed by atoms with Crippen LogP contribution in [0.5, 0.6) is 11.5 Å². The second kappa shape index (κ2) is 9.87. The maximum absolute atomic E-state index is 11.8. The van der Waals surface area contributed by atoms with Gasteiger partial charge in [-0.15, -0.1) is 0 Å². The van der Waals surface area contributed by atoms with Crippen LogP contribution >= 0.6 is 15.9 Å². The average molecular weight is 384 g/mol. The third kappa shape index (κ3) is 5.58. The molecule has 124 valence electrons. The molecule has 0 spiro atoms. The molecule has 0 saturated carbocycles. The monoisotopic (exact) mass is 383 g/mol. The molecular formula is C16H18BrNO5. The number of rotatable bonds is 8. The summed E-state index contributed by atoms with van der Waals surface area (Å²) in [5.74, 6) is 0.361. The number of nitriles is 1. The topological polar surface area (TPSA) is 77.8 Å². The Kier molecular flexibility index (Phi) is 8.16. The number of carbonyl (C=O) groups is 1. The van der Waals surface area contributed by atoms with Crippen molar-refractivity contribution in [2.75, 3.05) is 34.0 Å². The van der Waals surface area contributed by atoms with E-state index in [-0.39, 0.29) is 18.8 Å². The molecule has 0 atom stereocenters. The van der Waals surface area contributed by atoms with Crippen molar-refractivity contribution in [2.24, 2.45) is 0 Å². The van der Waals surface area contributed by atoms with Crippen molar-refractivity contribution in [3.63, 3.8) is 0 Å². The van der Waals surface area contributed by atoms with Gasteiger partial charge in [-0.1, -0.05) is 0 Å². The second-order valence-corrected chi connectivity index (χ2v) is 5.12. The maximum Gasteiger partial charge on any atom is 0.348 e. The van der Waals surface area contributed by atoms with Gasteiger partial charge in [-0.3, -0.25) is 0 Å². The molecule has 0 aromatic heterocycles. The zero-order chi connectivity index (χ0) is 17.2. The molecule has 0 fully saturated rings. The van der Waals surface area contributed by atoms with E-state index in [0.29, 0.717) is 28.1 Å². The van der Waals surface area contributed by atoms with E-state index in [1.807, 2.05) is 13.0 Å². The summed E-state index contributed by atoms with van der Waals surface area (Å²) < 4.78 is 21.2. The van der Waals surface area contributed by atoms with Crippen LogP contribution in [0, 0.1) is 11.3 Å². The first-order valence-electron chi connectivity index (χ1n) is 6.85. The second-order valence-electron chi connectivity index (χ2n) is 4.27. The highest BCUT2D eigenvalue weighted by molar-refractivity contribution is 9.10. The SMILES string of the molecule is CCOc1c(Br)cc(C=C(C#N)C(=O)OCCOC)cc1OC. The van der Waals surface area contributed by atoms with Crippen LogP contribution in [0.15, 0.2) is 22.2 Å². The smallest absolute Gasteiger partial charge is 0.348 e. The van der Waals surface area contributed by atoms with Gasteiger partial charge in [0.2, 0.25) is 0 Å². The van der Waals surface area contributed by atoms with Crippen molar-refractivity contribution in [3.05, 3.63) is 27.7 Å². The van der Waals surface area contributed by atoms with E-state index >= 15 is 0 Å². The summed E-state index contributed by atoms with van der Waals surface area (Å²) in [6.07, 6.45) is 1.43. The fourth-order valence-electron chi connectivity index (χ4n) is 1.71. The van der Waals surface area contributed by atoms with Gasteiger partial charge >= 0.3 is 5.97 Å². The Labute approximate surface area is 143 Å². The minimum Gasteiger partial charge on any atom is -0.493 e. The molecule has 7 heteroatoms. The van der Waals surface area contributed by atoms with E-state index in [4.69, 9.17) is 24.2 Å². The highest BCUT2D eigenvalue weighted by atomic mass is 79.9. The number of nitrogens with zero attached hydrogens (tertiary/aromatic N) is 1. The van der Waals surface area contributed by atoms with Crippen LogP contribution < -0.4 is 9.47 Å². The minimum absolute atomic E-state index is 0.0879. The van der Waals surface area contributed by atoms with Gasteiger partial charge in [0.1, 0.15) is 18.2 Å². The molecule has 0 radical (unpaired) electrons.